The van der Waals surface area contributed by atoms with Crippen LogP contribution in [0.15, 0.2) is 0 Å². The van der Waals surface area contributed by atoms with Crippen molar-refractivity contribution in [2.75, 3.05) is 6.61 Å². The number of carbonyl (C=O) groups excluding carboxylic acids is 1. The van der Waals surface area contributed by atoms with E-state index in [4.69, 9.17) is 0 Å². The van der Waals surface area contributed by atoms with Crippen molar-refractivity contribution in [1.29, 1.82) is 0 Å². The van der Waals surface area contributed by atoms with Gasteiger partial charge in [0, 0.05) is 0 Å². The molecule has 2 unspecified atom stereocenters. The highest BCUT2D eigenvalue weighted by atomic mass is 32.2. The molecule has 108 valence electrons. The Balaban J connectivity index is 4.87. The molecule has 0 bridgehead atoms. The van der Waals surface area contributed by atoms with Crippen LogP contribution in [0, 0.1) is 0 Å². The molecule has 2 atom stereocenters. The van der Waals surface area contributed by atoms with Crippen molar-refractivity contribution in [1.82, 2.24) is 4.72 Å². The van der Waals surface area contributed by atoms with Gasteiger partial charge in [0.2, 0.25) is 0 Å². The van der Waals surface area contributed by atoms with Gasteiger partial charge in [-0.1, -0.05) is 6.92 Å². The smallest absolute Gasteiger partial charge is 0.378 e. The fraction of sp³-hybridized carbons (Fsp3) is 0.909. The number of rotatable bonds is 6. The van der Waals surface area contributed by atoms with E-state index in [1.54, 1.807) is 20.8 Å². The Morgan fingerprint density at radius 3 is 2.17 bits per heavy atom. The van der Waals surface area contributed by atoms with E-state index < -0.39 is 33.7 Å². The van der Waals surface area contributed by atoms with Crippen LogP contribution in [0.3, 0.4) is 0 Å². The summed E-state index contributed by atoms with van der Waals surface area (Å²) in [5, 5.41) is 0. The quantitative estimate of drug-likeness (QED) is 0.760. The highest BCUT2D eigenvalue weighted by molar-refractivity contribution is 7.84. The molecular formula is C11H21F2NO3S. The zero-order chi connectivity index (χ0) is 14.6. The fourth-order valence-corrected chi connectivity index (χ4v) is 2.02. The lowest BCUT2D eigenvalue weighted by molar-refractivity contribution is -0.175. The standard InChI is InChI=1S/C11H21F2NO3S/c1-6-8(14-18(16)10(3,4)5)11(12,13)9(15)17-7-2/h8,14H,6-7H2,1-5H3. The Hall–Kier alpha value is -0.560. The lowest BCUT2D eigenvalue weighted by Crippen LogP contribution is -2.53. The number of hydrogen-bond acceptors (Lipinski definition) is 3. The lowest BCUT2D eigenvalue weighted by Gasteiger charge is -2.27. The Labute approximate surface area is 109 Å². The summed E-state index contributed by atoms with van der Waals surface area (Å²) in [7, 11) is -1.67. The Bertz CT molecular complexity index is 316. The van der Waals surface area contributed by atoms with Gasteiger partial charge < -0.3 is 4.74 Å². The number of ether oxygens (including phenoxy) is 1. The maximum Gasteiger partial charge on any atom is 0.378 e. The summed E-state index contributed by atoms with van der Waals surface area (Å²) in [6, 6.07) is -1.50. The SMILES string of the molecule is CCOC(=O)C(F)(F)C(CC)NS(=O)C(C)(C)C. The van der Waals surface area contributed by atoms with Crippen molar-refractivity contribution in [3.05, 3.63) is 0 Å². The molecule has 0 radical (unpaired) electrons. The van der Waals surface area contributed by atoms with Crippen LogP contribution in [-0.4, -0.2) is 33.5 Å². The zero-order valence-corrected chi connectivity index (χ0v) is 12.2. The average Bonchev–Trinajstić information content (AvgIpc) is 2.23. The number of esters is 1. The number of hydrogen-bond donors (Lipinski definition) is 1. The summed E-state index contributed by atoms with van der Waals surface area (Å²) in [5.74, 6) is -5.28. The van der Waals surface area contributed by atoms with E-state index in [9.17, 15) is 17.8 Å². The molecular weight excluding hydrogens is 264 g/mol. The first-order chi connectivity index (χ1) is 8.07. The average molecular weight is 285 g/mol. The predicted molar refractivity (Wildman–Crippen MR) is 66.7 cm³/mol. The van der Waals surface area contributed by atoms with Crippen molar-refractivity contribution in [3.8, 4) is 0 Å². The third-order valence-electron chi connectivity index (χ3n) is 2.20. The van der Waals surface area contributed by atoms with E-state index >= 15 is 0 Å². The second kappa shape index (κ2) is 6.56. The highest BCUT2D eigenvalue weighted by Crippen LogP contribution is 2.24. The Morgan fingerprint density at radius 1 is 1.33 bits per heavy atom. The van der Waals surface area contributed by atoms with Gasteiger partial charge >= 0.3 is 11.9 Å². The summed E-state index contributed by atoms with van der Waals surface area (Å²) in [4.78, 5) is 11.2. The molecule has 0 saturated heterocycles. The summed E-state index contributed by atoms with van der Waals surface area (Å²) in [6.07, 6.45) is -0.0341. The molecule has 0 aliphatic rings. The van der Waals surface area contributed by atoms with Crippen LogP contribution in [0.2, 0.25) is 0 Å². The van der Waals surface area contributed by atoms with Crippen molar-refractivity contribution >= 4 is 17.0 Å². The molecule has 0 aromatic carbocycles. The van der Waals surface area contributed by atoms with Crippen LogP contribution in [0.5, 0.6) is 0 Å². The van der Waals surface area contributed by atoms with Gasteiger partial charge in [-0.2, -0.15) is 8.78 Å². The molecule has 0 aromatic heterocycles. The Morgan fingerprint density at radius 2 is 1.83 bits per heavy atom. The molecule has 0 rings (SSSR count). The van der Waals surface area contributed by atoms with Crippen LogP contribution in [-0.2, 0) is 20.5 Å². The van der Waals surface area contributed by atoms with Crippen LogP contribution < -0.4 is 4.72 Å². The molecule has 0 heterocycles. The summed E-state index contributed by atoms with van der Waals surface area (Å²) >= 11 is 0. The first kappa shape index (κ1) is 17.4. The van der Waals surface area contributed by atoms with Gasteiger partial charge in [-0.05, 0) is 34.1 Å². The number of alkyl halides is 2. The minimum Gasteiger partial charge on any atom is -0.462 e. The van der Waals surface area contributed by atoms with Crippen LogP contribution in [0.25, 0.3) is 0 Å². The molecule has 0 fully saturated rings. The second-order valence-corrected chi connectivity index (χ2v) is 6.80. The molecule has 0 saturated carbocycles. The molecule has 0 spiro atoms. The third-order valence-corrected chi connectivity index (χ3v) is 3.81. The molecule has 0 aliphatic heterocycles. The van der Waals surface area contributed by atoms with Crippen molar-refractivity contribution < 1.29 is 22.5 Å². The largest absolute Gasteiger partial charge is 0.462 e. The van der Waals surface area contributed by atoms with Gasteiger partial charge in [0.1, 0.15) is 0 Å². The van der Waals surface area contributed by atoms with Gasteiger partial charge in [-0.25, -0.2) is 13.7 Å². The minimum absolute atomic E-state index is 0.0341. The van der Waals surface area contributed by atoms with Crippen molar-refractivity contribution in [3.63, 3.8) is 0 Å². The van der Waals surface area contributed by atoms with Gasteiger partial charge in [-0.15, -0.1) is 0 Å². The lowest BCUT2D eigenvalue weighted by atomic mass is 10.1. The monoisotopic (exact) mass is 285 g/mol. The van der Waals surface area contributed by atoms with Crippen LogP contribution in [0.4, 0.5) is 8.78 Å². The van der Waals surface area contributed by atoms with Crippen molar-refractivity contribution in [2.24, 2.45) is 0 Å². The summed E-state index contributed by atoms with van der Waals surface area (Å²) < 4.78 is 45.2. The maximum atomic E-state index is 13.7. The molecule has 1 N–H and O–H groups in total. The van der Waals surface area contributed by atoms with Gasteiger partial charge in [0.25, 0.3) is 0 Å². The topological polar surface area (TPSA) is 55.4 Å². The van der Waals surface area contributed by atoms with E-state index in [0.717, 1.165) is 0 Å². The van der Waals surface area contributed by atoms with Gasteiger partial charge in [-0.3, -0.25) is 0 Å². The second-order valence-electron chi connectivity index (χ2n) is 4.80. The normalized spacial score (nSPS) is 16.2. The molecule has 0 amide bonds. The molecule has 18 heavy (non-hydrogen) atoms. The summed E-state index contributed by atoms with van der Waals surface area (Å²) in [6.45, 7) is 7.80. The van der Waals surface area contributed by atoms with Crippen LogP contribution >= 0.6 is 0 Å². The van der Waals surface area contributed by atoms with E-state index in [2.05, 4.69) is 9.46 Å². The zero-order valence-electron chi connectivity index (χ0n) is 11.4. The predicted octanol–water partition coefficient (Wildman–Crippen LogP) is 2.02. The third kappa shape index (κ3) is 4.61. The molecule has 0 aliphatic carbocycles. The fourth-order valence-electron chi connectivity index (χ4n) is 1.09. The minimum atomic E-state index is -3.69. The van der Waals surface area contributed by atoms with E-state index in [-0.39, 0.29) is 13.0 Å². The van der Waals surface area contributed by atoms with E-state index in [1.807, 2.05) is 0 Å². The van der Waals surface area contributed by atoms with E-state index in [1.165, 1.54) is 13.8 Å². The molecule has 0 aromatic rings. The number of halogens is 2. The molecule has 7 heteroatoms. The molecule has 4 nitrogen and oxygen atoms in total. The van der Waals surface area contributed by atoms with Gasteiger partial charge in [0.15, 0.2) is 0 Å². The number of nitrogens with one attached hydrogen (secondary N) is 1. The number of carbonyl (C=O) groups is 1. The maximum absolute atomic E-state index is 13.7. The highest BCUT2D eigenvalue weighted by Gasteiger charge is 2.49. The first-order valence-corrected chi connectivity index (χ1v) is 6.95. The summed E-state index contributed by atoms with van der Waals surface area (Å²) in [5.41, 5.74) is 0. The van der Waals surface area contributed by atoms with Crippen molar-refractivity contribution in [2.45, 2.75) is 57.8 Å². The first-order valence-electron chi connectivity index (χ1n) is 5.80. The Kier molecular flexibility index (Phi) is 6.36. The van der Waals surface area contributed by atoms with Gasteiger partial charge in [0.05, 0.1) is 28.4 Å². The van der Waals surface area contributed by atoms with E-state index in [0.29, 0.717) is 0 Å². The van der Waals surface area contributed by atoms with Crippen LogP contribution in [0.1, 0.15) is 41.0 Å².